The third-order valence-corrected chi connectivity index (χ3v) is 6.44. The standard InChI is InChI=1S/C27H39NO3/c1-21(2)14-17-31-25-12-10-24(11-13-25)27(29,22(3)4)26(23-8-6-5-7-9-23)20-28-15-18-30-19-16-28/h5-13,21-22,26,29H,14-20H2,1-4H3. The predicted octanol–water partition coefficient (Wildman–Crippen LogP) is 5.07. The lowest BCUT2D eigenvalue weighted by molar-refractivity contribution is -0.0547. The maximum absolute atomic E-state index is 12.2. The summed E-state index contributed by atoms with van der Waals surface area (Å²) in [7, 11) is 0. The van der Waals surface area contributed by atoms with Crippen LogP contribution >= 0.6 is 0 Å². The van der Waals surface area contributed by atoms with E-state index in [1.54, 1.807) is 0 Å². The molecule has 4 nitrogen and oxygen atoms in total. The number of aliphatic hydroxyl groups is 1. The fourth-order valence-corrected chi connectivity index (χ4v) is 4.39. The maximum Gasteiger partial charge on any atom is 0.119 e. The molecule has 2 aromatic carbocycles. The molecule has 1 N–H and O–H groups in total. The molecule has 170 valence electrons. The van der Waals surface area contributed by atoms with Crippen LogP contribution in [0.5, 0.6) is 5.75 Å². The molecule has 0 aliphatic carbocycles. The second kappa shape index (κ2) is 11.1. The zero-order valence-corrected chi connectivity index (χ0v) is 19.6. The van der Waals surface area contributed by atoms with E-state index in [-0.39, 0.29) is 11.8 Å². The van der Waals surface area contributed by atoms with Crippen molar-refractivity contribution in [3.05, 3.63) is 65.7 Å². The molecule has 0 bridgehead atoms. The van der Waals surface area contributed by atoms with Crippen molar-refractivity contribution in [1.29, 1.82) is 0 Å². The van der Waals surface area contributed by atoms with E-state index in [4.69, 9.17) is 9.47 Å². The van der Waals surface area contributed by atoms with Gasteiger partial charge in [0.25, 0.3) is 0 Å². The van der Waals surface area contributed by atoms with E-state index in [1.807, 2.05) is 30.3 Å². The summed E-state index contributed by atoms with van der Waals surface area (Å²) < 4.78 is 11.5. The summed E-state index contributed by atoms with van der Waals surface area (Å²) in [6.45, 7) is 13.5. The van der Waals surface area contributed by atoms with Gasteiger partial charge in [-0.2, -0.15) is 0 Å². The third kappa shape index (κ3) is 6.09. The van der Waals surface area contributed by atoms with Gasteiger partial charge in [-0.3, -0.25) is 4.90 Å². The molecule has 1 fully saturated rings. The molecule has 31 heavy (non-hydrogen) atoms. The van der Waals surface area contributed by atoms with Gasteiger partial charge in [0, 0.05) is 25.6 Å². The van der Waals surface area contributed by atoms with E-state index < -0.39 is 5.60 Å². The highest BCUT2D eigenvalue weighted by Crippen LogP contribution is 2.43. The van der Waals surface area contributed by atoms with Crippen LogP contribution in [0.1, 0.15) is 51.2 Å². The fourth-order valence-electron chi connectivity index (χ4n) is 4.39. The van der Waals surface area contributed by atoms with Crippen molar-refractivity contribution in [2.45, 2.75) is 45.6 Å². The average molecular weight is 426 g/mol. The molecule has 2 atom stereocenters. The highest BCUT2D eigenvalue weighted by molar-refractivity contribution is 5.36. The number of benzene rings is 2. The monoisotopic (exact) mass is 425 g/mol. The van der Waals surface area contributed by atoms with Crippen LogP contribution in [0.4, 0.5) is 0 Å². The van der Waals surface area contributed by atoms with Crippen LogP contribution in [-0.4, -0.2) is 49.5 Å². The molecule has 0 saturated carbocycles. The Bertz CT molecular complexity index is 769. The van der Waals surface area contributed by atoms with Crippen LogP contribution in [0.2, 0.25) is 0 Å². The third-order valence-electron chi connectivity index (χ3n) is 6.44. The zero-order chi connectivity index (χ0) is 22.3. The minimum absolute atomic E-state index is 0.0421. The highest BCUT2D eigenvalue weighted by Gasteiger charge is 2.43. The average Bonchev–Trinajstić information content (AvgIpc) is 2.78. The van der Waals surface area contributed by atoms with Crippen molar-refractivity contribution in [2.75, 3.05) is 39.5 Å². The van der Waals surface area contributed by atoms with Crippen LogP contribution in [0.25, 0.3) is 0 Å². The van der Waals surface area contributed by atoms with Gasteiger partial charge in [0.2, 0.25) is 0 Å². The molecule has 2 unspecified atom stereocenters. The molecular formula is C27H39NO3. The number of hydrogen-bond acceptors (Lipinski definition) is 4. The Morgan fingerprint density at radius 1 is 0.968 bits per heavy atom. The number of ether oxygens (including phenoxy) is 2. The van der Waals surface area contributed by atoms with Gasteiger partial charge in [0.15, 0.2) is 0 Å². The molecule has 0 aromatic heterocycles. The van der Waals surface area contributed by atoms with Gasteiger partial charge >= 0.3 is 0 Å². The Balaban J connectivity index is 1.88. The number of nitrogens with zero attached hydrogens (tertiary/aromatic N) is 1. The van der Waals surface area contributed by atoms with Crippen LogP contribution in [0.3, 0.4) is 0 Å². The summed E-state index contributed by atoms with van der Waals surface area (Å²) in [6.07, 6.45) is 1.04. The lowest BCUT2D eigenvalue weighted by Gasteiger charge is -2.43. The molecule has 2 aromatic rings. The van der Waals surface area contributed by atoms with Gasteiger partial charge in [-0.1, -0.05) is 70.2 Å². The zero-order valence-electron chi connectivity index (χ0n) is 19.6. The molecular weight excluding hydrogens is 386 g/mol. The summed E-state index contributed by atoms with van der Waals surface area (Å²) in [4.78, 5) is 2.41. The summed E-state index contributed by atoms with van der Waals surface area (Å²) in [5.74, 6) is 1.49. The predicted molar refractivity (Wildman–Crippen MR) is 127 cm³/mol. The topological polar surface area (TPSA) is 41.9 Å². The first kappa shape index (κ1) is 23.8. The van der Waals surface area contributed by atoms with Gasteiger partial charge in [-0.15, -0.1) is 0 Å². The first-order chi connectivity index (χ1) is 14.9. The van der Waals surface area contributed by atoms with Gasteiger partial charge in [0.1, 0.15) is 5.75 Å². The molecule has 0 amide bonds. The van der Waals surface area contributed by atoms with Gasteiger partial charge < -0.3 is 14.6 Å². The van der Waals surface area contributed by atoms with E-state index >= 15 is 0 Å². The maximum atomic E-state index is 12.2. The van der Waals surface area contributed by atoms with Crippen LogP contribution in [0.15, 0.2) is 54.6 Å². The Labute approximate surface area is 188 Å². The highest BCUT2D eigenvalue weighted by atomic mass is 16.5. The molecule has 1 saturated heterocycles. The number of hydrogen-bond donors (Lipinski definition) is 1. The minimum atomic E-state index is -0.990. The van der Waals surface area contributed by atoms with E-state index in [2.05, 4.69) is 56.9 Å². The Kier molecular flexibility index (Phi) is 8.53. The smallest absolute Gasteiger partial charge is 0.119 e. The normalized spacial score (nSPS) is 18.2. The summed E-state index contributed by atoms with van der Waals surface area (Å²) in [6, 6.07) is 18.5. The van der Waals surface area contributed by atoms with Gasteiger partial charge in [-0.25, -0.2) is 0 Å². The summed E-state index contributed by atoms with van der Waals surface area (Å²) in [5, 5.41) is 12.2. The first-order valence-corrected chi connectivity index (χ1v) is 11.7. The first-order valence-electron chi connectivity index (χ1n) is 11.7. The van der Waals surface area contributed by atoms with Crippen molar-refractivity contribution < 1.29 is 14.6 Å². The summed E-state index contributed by atoms with van der Waals surface area (Å²) in [5.41, 5.74) is 1.12. The molecule has 3 rings (SSSR count). The van der Waals surface area contributed by atoms with Crippen LogP contribution in [-0.2, 0) is 10.3 Å². The second-order valence-electron chi connectivity index (χ2n) is 9.41. The largest absolute Gasteiger partial charge is 0.494 e. The SMILES string of the molecule is CC(C)CCOc1ccc(C(O)(C(C)C)C(CN2CCOCC2)c2ccccc2)cc1. The Morgan fingerprint density at radius 3 is 2.19 bits per heavy atom. The van der Waals surface area contributed by atoms with E-state index in [1.165, 1.54) is 5.56 Å². The van der Waals surface area contributed by atoms with Crippen molar-refractivity contribution in [3.8, 4) is 5.75 Å². The Hall–Kier alpha value is -1.88. The van der Waals surface area contributed by atoms with Crippen molar-refractivity contribution in [3.63, 3.8) is 0 Å². The van der Waals surface area contributed by atoms with E-state index in [0.29, 0.717) is 5.92 Å². The van der Waals surface area contributed by atoms with Crippen LogP contribution < -0.4 is 4.74 Å². The lowest BCUT2D eigenvalue weighted by atomic mass is 9.70. The second-order valence-corrected chi connectivity index (χ2v) is 9.41. The number of rotatable bonds is 10. The van der Waals surface area contributed by atoms with Crippen molar-refractivity contribution >= 4 is 0 Å². The summed E-state index contributed by atoms with van der Waals surface area (Å²) >= 11 is 0. The molecule has 0 radical (unpaired) electrons. The van der Waals surface area contributed by atoms with Gasteiger partial charge in [0.05, 0.1) is 25.4 Å². The van der Waals surface area contributed by atoms with Crippen molar-refractivity contribution in [1.82, 2.24) is 4.90 Å². The van der Waals surface area contributed by atoms with E-state index in [9.17, 15) is 5.11 Å². The molecule has 1 heterocycles. The quantitative estimate of drug-likeness (QED) is 0.577. The van der Waals surface area contributed by atoms with Gasteiger partial charge in [-0.05, 0) is 41.5 Å². The van der Waals surface area contributed by atoms with Crippen molar-refractivity contribution in [2.24, 2.45) is 11.8 Å². The van der Waals surface area contributed by atoms with Crippen LogP contribution in [0, 0.1) is 11.8 Å². The number of morpholine rings is 1. The molecule has 1 aliphatic rings. The van der Waals surface area contributed by atoms with E-state index in [0.717, 1.165) is 57.2 Å². The lowest BCUT2D eigenvalue weighted by Crippen LogP contribution is -2.47. The molecule has 0 spiro atoms. The fraction of sp³-hybridized carbons (Fsp3) is 0.556. The molecule has 1 aliphatic heterocycles. The Morgan fingerprint density at radius 2 is 1.61 bits per heavy atom. The minimum Gasteiger partial charge on any atom is -0.494 e. The molecule has 4 heteroatoms.